The molecule has 0 unspecified atom stereocenters. The third kappa shape index (κ3) is 3.35. The molecule has 0 radical (unpaired) electrons. The summed E-state index contributed by atoms with van der Waals surface area (Å²) in [4.78, 5) is 23.0. The summed E-state index contributed by atoms with van der Waals surface area (Å²) in [7, 11) is 1.64. The molecule has 0 saturated carbocycles. The number of imidazole rings is 1. The molecule has 0 N–H and O–H groups in total. The molecule has 0 fully saturated rings. The Hall–Kier alpha value is -4.20. The molecule has 0 atom stereocenters. The summed E-state index contributed by atoms with van der Waals surface area (Å²) in [5, 5.41) is 18.5. The number of nitriles is 2. The molecule has 0 aliphatic carbocycles. The van der Waals surface area contributed by atoms with E-state index in [0.29, 0.717) is 33.2 Å². The summed E-state index contributed by atoms with van der Waals surface area (Å²) >= 11 is 6.03. The van der Waals surface area contributed by atoms with Crippen LogP contribution in [-0.4, -0.2) is 27.3 Å². The van der Waals surface area contributed by atoms with Crippen LogP contribution in [-0.2, 0) is 0 Å². The van der Waals surface area contributed by atoms with Gasteiger partial charge in [0, 0.05) is 24.5 Å². The molecule has 8 heteroatoms. The molecule has 0 spiro atoms. The van der Waals surface area contributed by atoms with E-state index >= 15 is 0 Å². The van der Waals surface area contributed by atoms with E-state index in [2.05, 4.69) is 22.1 Å². The van der Waals surface area contributed by atoms with Crippen LogP contribution in [0.2, 0.25) is 5.02 Å². The van der Waals surface area contributed by atoms with Gasteiger partial charge in [-0.2, -0.15) is 10.5 Å². The van der Waals surface area contributed by atoms with Gasteiger partial charge in [-0.25, -0.2) is 9.97 Å². The highest BCUT2D eigenvalue weighted by Crippen LogP contribution is 2.26. The highest BCUT2D eigenvalue weighted by Gasteiger charge is 2.17. The van der Waals surface area contributed by atoms with Crippen molar-refractivity contribution in [2.75, 3.05) is 11.9 Å². The minimum Gasteiger partial charge on any atom is -0.310 e. The lowest BCUT2D eigenvalue weighted by Crippen LogP contribution is -2.27. The zero-order chi connectivity index (χ0) is 21.3. The van der Waals surface area contributed by atoms with Gasteiger partial charge in [-0.1, -0.05) is 17.7 Å². The van der Waals surface area contributed by atoms with E-state index in [4.69, 9.17) is 16.9 Å². The predicted octanol–water partition coefficient (Wildman–Crippen LogP) is 4.07. The molecule has 0 aliphatic heterocycles. The molecule has 0 saturated heterocycles. The molecule has 4 rings (SSSR count). The summed E-state index contributed by atoms with van der Waals surface area (Å²) < 4.78 is 1.75. The van der Waals surface area contributed by atoms with Crippen LogP contribution in [0.4, 0.5) is 5.69 Å². The lowest BCUT2D eigenvalue weighted by molar-refractivity contribution is 0.0988. The van der Waals surface area contributed by atoms with Gasteiger partial charge in [-0.05, 0) is 36.4 Å². The van der Waals surface area contributed by atoms with Crippen molar-refractivity contribution in [3.05, 3.63) is 82.9 Å². The maximum Gasteiger partial charge on any atom is 0.278 e. The van der Waals surface area contributed by atoms with Gasteiger partial charge in [0.2, 0.25) is 0 Å². The fourth-order valence-electron chi connectivity index (χ4n) is 3.03. The molecule has 7 nitrogen and oxygen atoms in total. The largest absolute Gasteiger partial charge is 0.310 e. The zero-order valence-electron chi connectivity index (χ0n) is 15.7. The Balaban J connectivity index is 1.73. The minimum atomic E-state index is -0.310. The Morgan fingerprint density at radius 1 is 1.07 bits per heavy atom. The van der Waals surface area contributed by atoms with Gasteiger partial charge in [0.05, 0.1) is 40.3 Å². The molecular formula is C22H13ClN6O. The Bertz CT molecular complexity index is 1360. The van der Waals surface area contributed by atoms with Crippen molar-refractivity contribution in [3.8, 4) is 23.4 Å². The van der Waals surface area contributed by atoms with Crippen molar-refractivity contribution in [2.45, 2.75) is 0 Å². The SMILES string of the molecule is CN(C(=O)c1cn2c(-c3ccc(Cl)c(C#N)c3)cnc2cn1)c1ccc(C#N)cc1. The van der Waals surface area contributed by atoms with Crippen LogP contribution >= 0.6 is 11.6 Å². The molecule has 1 amide bonds. The number of carbonyl (C=O) groups excluding carboxylic acids is 1. The average Bonchev–Trinajstić information content (AvgIpc) is 3.21. The molecule has 144 valence electrons. The number of fused-ring (bicyclic) bond motifs is 1. The molecule has 2 heterocycles. The first-order valence-corrected chi connectivity index (χ1v) is 9.21. The van der Waals surface area contributed by atoms with Crippen molar-refractivity contribution in [1.82, 2.24) is 14.4 Å². The maximum absolute atomic E-state index is 13.0. The molecular weight excluding hydrogens is 400 g/mol. The maximum atomic E-state index is 13.0. The Kier molecular flexibility index (Phi) is 4.89. The number of halogens is 1. The number of anilines is 1. The lowest BCUT2D eigenvalue weighted by Gasteiger charge is -2.17. The molecule has 0 bridgehead atoms. The zero-order valence-corrected chi connectivity index (χ0v) is 16.5. The quantitative estimate of drug-likeness (QED) is 0.505. The third-order valence-corrected chi connectivity index (χ3v) is 5.02. The fraction of sp³-hybridized carbons (Fsp3) is 0.0455. The Morgan fingerprint density at radius 2 is 1.83 bits per heavy atom. The van der Waals surface area contributed by atoms with E-state index in [1.165, 1.54) is 11.1 Å². The fourth-order valence-corrected chi connectivity index (χ4v) is 3.19. The number of nitrogens with zero attached hydrogens (tertiary/aromatic N) is 6. The smallest absolute Gasteiger partial charge is 0.278 e. The Labute approximate surface area is 177 Å². The van der Waals surface area contributed by atoms with Crippen LogP contribution in [0, 0.1) is 22.7 Å². The first-order chi connectivity index (χ1) is 14.5. The Morgan fingerprint density at radius 3 is 2.53 bits per heavy atom. The molecule has 0 aliphatic rings. The third-order valence-electron chi connectivity index (χ3n) is 4.69. The van der Waals surface area contributed by atoms with E-state index in [1.807, 2.05) is 0 Å². The van der Waals surface area contributed by atoms with E-state index in [1.54, 1.807) is 66.3 Å². The summed E-state index contributed by atoms with van der Waals surface area (Å²) in [6, 6.07) is 15.9. The number of carbonyl (C=O) groups is 1. The average molecular weight is 413 g/mol. The van der Waals surface area contributed by atoms with Crippen LogP contribution in [0.25, 0.3) is 16.9 Å². The van der Waals surface area contributed by atoms with Crippen LogP contribution in [0.15, 0.2) is 61.1 Å². The highest BCUT2D eigenvalue weighted by atomic mass is 35.5. The van der Waals surface area contributed by atoms with Crippen molar-refractivity contribution in [2.24, 2.45) is 0 Å². The van der Waals surface area contributed by atoms with E-state index in [0.717, 1.165) is 5.56 Å². The van der Waals surface area contributed by atoms with Gasteiger partial charge in [0.25, 0.3) is 5.91 Å². The highest BCUT2D eigenvalue weighted by molar-refractivity contribution is 6.31. The standard InChI is InChI=1S/C22H13ClN6O/c1-28(17-5-2-14(9-24)3-6-17)22(30)19-13-29-20(11-27-21(29)12-26-19)15-4-7-18(23)16(8-15)10-25/h2-8,11-13H,1H3. The van der Waals surface area contributed by atoms with Gasteiger partial charge in [-0.15, -0.1) is 0 Å². The summed E-state index contributed by atoms with van der Waals surface area (Å²) in [6.45, 7) is 0. The second-order valence-corrected chi connectivity index (χ2v) is 6.88. The van der Waals surface area contributed by atoms with Crippen LogP contribution in [0.5, 0.6) is 0 Å². The minimum absolute atomic E-state index is 0.225. The van der Waals surface area contributed by atoms with E-state index in [9.17, 15) is 10.1 Å². The van der Waals surface area contributed by atoms with Gasteiger partial charge in [0.15, 0.2) is 5.65 Å². The predicted molar refractivity (Wildman–Crippen MR) is 112 cm³/mol. The molecule has 30 heavy (non-hydrogen) atoms. The number of hydrogen-bond acceptors (Lipinski definition) is 5. The normalized spacial score (nSPS) is 10.4. The van der Waals surface area contributed by atoms with E-state index in [-0.39, 0.29) is 11.6 Å². The van der Waals surface area contributed by atoms with Gasteiger partial charge in [-0.3, -0.25) is 9.20 Å². The number of hydrogen-bond donors (Lipinski definition) is 0. The van der Waals surface area contributed by atoms with Crippen LogP contribution in [0.1, 0.15) is 21.6 Å². The van der Waals surface area contributed by atoms with Crippen molar-refractivity contribution >= 4 is 28.8 Å². The summed E-state index contributed by atoms with van der Waals surface area (Å²) in [5.74, 6) is -0.310. The lowest BCUT2D eigenvalue weighted by atomic mass is 10.1. The monoisotopic (exact) mass is 412 g/mol. The van der Waals surface area contributed by atoms with Crippen LogP contribution in [0.3, 0.4) is 0 Å². The van der Waals surface area contributed by atoms with Gasteiger partial charge < -0.3 is 4.90 Å². The van der Waals surface area contributed by atoms with Gasteiger partial charge >= 0.3 is 0 Å². The number of benzene rings is 2. The molecule has 2 aromatic heterocycles. The summed E-state index contributed by atoms with van der Waals surface area (Å²) in [5.41, 5.74) is 3.75. The number of aromatic nitrogens is 3. The van der Waals surface area contributed by atoms with Crippen molar-refractivity contribution < 1.29 is 4.79 Å². The van der Waals surface area contributed by atoms with Crippen LogP contribution < -0.4 is 4.90 Å². The first kappa shape index (κ1) is 19.1. The molecule has 2 aromatic carbocycles. The first-order valence-electron chi connectivity index (χ1n) is 8.83. The summed E-state index contributed by atoms with van der Waals surface area (Å²) in [6.07, 6.45) is 4.78. The van der Waals surface area contributed by atoms with E-state index < -0.39 is 0 Å². The van der Waals surface area contributed by atoms with Crippen molar-refractivity contribution in [1.29, 1.82) is 10.5 Å². The number of rotatable bonds is 3. The number of amides is 1. The second kappa shape index (κ2) is 7.67. The molecule has 4 aromatic rings. The topological polar surface area (TPSA) is 98.1 Å². The second-order valence-electron chi connectivity index (χ2n) is 6.47. The van der Waals surface area contributed by atoms with Gasteiger partial charge in [0.1, 0.15) is 11.8 Å². The van der Waals surface area contributed by atoms with Crippen molar-refractivity contribution in [3.63, 3.8) is 0 Å².